The van der Waals surface area contributed by atoms with E-state index in [4.69, 9.17) is 14.5 Å². The van der Waals surface area contributed by atoms with Crippen LogP contribution in [0, 0.1) is 18.2 Å². The van der Waals surface area contributed by atoms with Crippen molar-refractivity contribution in [1.29, 1.82) is 0 Å². The van der Waals surface area contributed by atoms with E-state index in [2.05, 4.69) is 54.6 Å². The number of allylic oxidation sites excluding steroid dienone is 1. The molecule has 1 aliphatic rings. The van der Waals surface area contributed by atoms with Gasteiger partial charge in [0.15, 0.2) is 0 Å². The average Bonchev–Trinajstić information content (AvgIpc) is 3.46. The van der Waals surface area contributed by atoms with Crippen molar-refractivity contribution >= 4 is 5.70 Å². The van der Waals surface area contributed by atoms with E-state index in [9.17, 15) is 4.39 Å². The smallest absolute Gasteiger partial charge is 0.148 e. The predicted octanol–water partition coefficient (Wildman–Crippen LogP) is 7.68. The van der Waals surface area contributed by atoms with Gasteiger partial charge < -0.3 is 20.5 Å². The Morgan fingerprint density at radius 3 is 2.35 bits per heavy atom. The van der Waals surface area contributed by atoms with Crippen molar-refractivity contribution in [1.82, 2.24) is 10.3 Å². The van der Waals surface area contributed by atoms with Gasteiger partial charge in [0.05, 0.1) is 13.2 Å². The van der Waals surface area contributed by atoms with Crippen LogP contribution in [0.25, 0.3) is 17.0 Å². The van der Waals surface area contributed by atoms with Crippen molar-refractivity contribution in [2.24, 2.45) is 5.73 Å². The first kappa shape index (κ1) is 36.2. The summed E-state index contributed by atoms with van der Waals surface area (Å²) in [6, 6.07) is 16.7. The van der Waals surface area contributed by atoms with Crippen LogP contribution in [0.4, 0.5) is 4.39 Å². The molecule has 218 valence electrons. The lowest BCUT2D eigenvalue weighted by molar-refractivity contribution is 0.317. The molecule has 6 heteroatoms. The zero-order chi connectivity index (χ0) is 29.0. The van der Waals surface area contributed by atoms with Crippen molar-refractivity contribution in [2.75, 3.05) is 26.8 Å². The number of pyridine rings is 1. The number of ether oxygens (including phenoxy) is 2. The third-order valence-corrected chi connectivity index (χ3v) is 5.46. The monoisotopic (exact) mass is 549 g/mol. The van der Waals surface area contributed by atoms with E-state index in [1.807, 2.05) is 32.9 Å². The second kappa shape index (κ2) is 21.1. The number of terminal acetylenes is 1. The van der Waals surface area contributed by atoms with Gasteiger partial charge in [0.1, 0.15) is 23.0 Å². The Bertz CT molecular complexity index is 1170. The highest BCUT2D eigenvalue weighted by Crippen LogP contribution is 2.36. The summed E-state index contributed by atoms with van der Waals surface area (Å²) in [5.41, 5.74) is 10.5. The van der Waals surface area contributed by atoms with E-state index < -0.39 is 0 Å². The molecule has 0 radical (unpaired) electrons. The molecular weight excluding hydrogens is 501 g/mol. The topological polar surface area (TPSA) is 69.4 Å². The quantitative estimate of drug-likeness (QED) is 0.268. The lowest BCUT2D eigenvalue weighted by Gasteiger charge is -2.14. The van der Waals surface area contributed by atoms with Crippen LogP contribution in [0.5, 0.6) is 11.5 Å². The van der Waals surface area contributed by atoms with Crippen LogP contribution in [0.3, 0.4) is 0 Å². The number of fused-ring (bicyclic) bond motifs is 1. The van der Waals surface area contributed by atoms with Gasteiger partial charge in [0.25, 0.3) is 0 Å². The van der Waals surface area contributed by atoms with Crippen LogP contribution in [0.15, 0.2) is 60.7 Å². The zero-order valence-corrected chi connectivity index (χ0v) is 24.3. The number of hydrogen-bond donors (Lipinski definition) is 2. The molecule has 1 aliphatic heterocycles. The fourth-order valence-electron chi connectivity index (χ4n) is 3.83. The zero-order valence-electron chi connectivity index (χ0n) is 24.3. The average molecular weight is 550 g/mol. The van der Waals surface area contributed by atoms with E-state index in [1.165, 1.54) is 24.7 Å². The van der Waals surface area contributed by atoms with Crippen LogP contribution >= 0.6 is 0 Å². The van der Waals surface area contributed by atoms with Gasteiger partial charge in [-0.3, -0.25) is 0 Å². The standard InChI is InChI=1S/C27H29FN2O2.C3H4.C2H6.CH5N.CH4/c1-3-16-31-24-11-7-19(8-12-24)25(4-2)29-15-13-23-18-21-14-17-32-27(21)26(30-23)20-5-9-22(28)10-6-20;1-3-2;2*1-2;/h4-12,18,29H,3,13-17H2,1-2H3;1H,2H3;1-2H3;2H2,1H3;1H4. The number of nitrogens with one attached hydrogen (secondary N) is 1. The van der Waals surface area contributed by atoms with Gasteiger partial charge in [-0.2, -0.15) is 0 Å². The van der Waals surface area contributed by atoms with Gasteiger partial charge in [-0.15, -0.1) is 12.3 Å². The molecule has 0 bridgehead atoms. The number of rotatable bonds is 9. The van der Waals surface area contributed by atoms with E-state index in [1.54, 1.807) is 19.1 Å². The Balaban J connectivity index is 0.00000175. The van der Waals surface area contributed by atoms with Crippen LogP contribution in [0.1, 0.15) is 65.3 Å². The highest BCUT2D eigenvalue weighted by atomic mass is 19.1. The Morgan fingerprint density at radius 1 is 1.15 bits per heavy atom. The molecule has 3 aromatic rings. The first-order valence-electron chi connectivity index (χ1n) is 13.6. The lowest BCUT2D eigenvalue weighted by Crippen LogP contribution is -2.16. The minimum atomic E-state index is -0.254. The third-order valence-electron chi connectivity index (χ3n) is 5.46. The Kier molecular flexibility index (Phi) is 19.0. The maximum atomic E-state index is 13.4. The molecule has 1 aromatic heterocycles. The Labute approximate surface area is 242 Å². The normalized spacial score (nSPS) is 10.8. The van der Waals surface area contributed by atoms with Crippen LogP contribution < -0.4 is 20.5 Å². The number of halogens is 1. The molecular formula is C34H48FN3O2. The highest BCUT2D eigenvalue weighted by Gasteiger charge is 2.20. The molecule has 0 unspecified atom stereocenters. The summed E-state index contributed by atoms with van der Waals surface area (Å²) in [4.78, 5) is 4.86. The van der Waals surface area contributed by atoms with E-state index in [0.29, 0.717) is 6.61 Å². The van der Waals surface area contributed by atoms with Gasteiger partial charge in [-0.1, -0.05) is 34.3 Å². The maximum Gasteiger partial charge on any atom is 0.148 e. The second-order valence-electron chi connectivity index (χ2n) is 8.10. The molecule has 0 fully saturated rings. The summed E-state index contributed by atoms with van der Waals surface area (Å²) in [6.07, 6.45) is 9.32. The predicted molar refractivity (Wildman–Crippen MR) is 169 cm³/mol. The lowest BCUT2D eigenvalue weighted by atomic mass is 10.0. The van der Waals surface area contributed by atoms with Crippen molar-refractivity contribution < 1.29 is 13.9 Å². The largest absolute Gasteiger partial charge is 0.494 e. The fourth-order valence-corrected chi connectivity index (χ4v) is 3.83. The van der Waals surface area contributed by atoms with Gasteiger partial charge >= 0.3 is 0 Å². The molecule has 4 rings (SSSR count). The van der Waals surface area contributed by atoms with E-state index in [0.717, 1.165) is 72.1 Å². The van der Waals surface area contributed by atoms with E-state index >= 15 is 0 Å². The molecule has 0 aliphatic carbocycles. The molecule has 0 saturated carbocycles. The van der Waals surface area contributed by atoms with Gasteiger partial charge in [0.2, 0.25) is 0 Å². The molecule has 2 heterocycles. The van der Waals surface area contributed by atoms with Crippen LogP contribution in [-0.4, -0.2) is 31.8 Å². The second-order valence-corrected chi connectivity index (χ2v) is 8.10. The van der Waals surface area contributed by atoms with Gasteiger partial charge in [-0.05, 0) is 87.5 Å². The number of aromatic nitrogens is 1. The number of benzene rings is 2. The number of nitrogens with two attached hydrogens (primary N) is 1. The minimum Gasteiger partial charge on any atom is -0.494 e. The van der Waals surface area contributed by atoms with Crippen molar-refractivity contribution in [3.05, 3.63) is 83.3 Å². The van der Waals surface area contributed by atoms with Crippen LogP contribution in [0.2, 0.25) is 0 Å². The summed E-state index contributed by atoms with van der Waals surface area (Å²) < 4.78 is 24.9. The molecule has 0 atom stereocenters. The number of hydrogen-bond acceptors (Lipinski definition) is 5. The van der Waals surface area contributed by atoms with Crippen molar-refractivity contribution in [3.8, 4) is 35.1 Å². The van der Waals surface area contributed by atoms with Gasteiger partial charge in [0, 0.05) is 41.9 Å². The summed E-state index contributed by atoms with van der Waals surface area (Å²) in [5, 5.41) is 3.53. The van der Waals surface area contributed by atoms with Crippen LogP contribution in [-0.2, 0) is 12.8 Å². The summed E-state index contributed by atoms with van der Waals surface area (Å²) >= 11 is 0. The molecule has 5 nitrogen and oxygen atoms in total. The summed E-state index contributed by atoms with van der Waals surface area (Å²) in [6.45, 7) is 11.9. The minimum absolute atomic E-state index is 0. The van der Waals surface area contributed by atoms with Crippen molar-refractivity contribution in [3.63, 3.8) is 0 Å². The Hall–Kier alpha value is -3.82. The van der Waals surface area contributed by atoms with E-state index in [-0.39, 0.29) is 13.2 Å². The maximum absolute atomic E-state index is 13.4. The third kappa shape index (κ3) is 11.1. The molecule has 3 N–H and O–H groups in total. The summed E-state index contributed by atoms with van der Waals surface area (Å²) in [5.74, 6) is 3.72. The SMILES string of the molecule is C.C#CC.CC.CC=C(NCCc1cc2c(c(-c3ccc(F)cc3)n1)OCC2)c1ccc(OCCC)cc1.CN. The number of nitrogens with zero attached hydrogens (tertiary/aromatic N) is 1. The van der Waals surface area contributed by atoms with Gasteiger partial charge in [-0.25, -0.2) is 9.37 Å². The molecule has 40 heavy (non-hydrogen) atoms. The molecule has 0 saturated heterocycles. The van der Waals surface area contributed by atoms with Crippen molar-refractivity contribution in [2.45, 2.75) is 61.3 Å². The molecule has 0 spiro atoms. The molecule has 0 amide bonds. The Morgan fingerprint density at radius 2 is 1.77 bits per heavy atom. The first-order valence-corrected chi connectivity index (χ1v) is 13.6. The first-order chi connectivity index (χ1) is 19.1. The summed E-state index contributed by atoms with van der Waals surface area (Å²) in [7, 11) is 1.50. The molecule has 2 aromatic carbocycles. The fraction of sp³-hybridized carbons (Fsp3) is 0.382. The highest BCUT2D eigenvalue weighted by molar-refractivity contribution is 5.69.